The van der Waals surface area contributed by atoms with Crippen LogP contribution in [0.25, 0.3) is 0 Å². The molecule has 0 aliphatic carbocycles. The molecule has 4 nitrogen and oxygen atoms in total. The number of benzene rings is 1. The molecule has 1 atom stereocenters. The lowest BCUT2D eigenvalue weighted by Gasteiger charge is -2.13. The van der Waals surface area contributed by atoms with Gasteiger partial charge in [0.15, 0.2) is 0 Å². The standard InChI is InChI=1S/C12H16BrN3O/c1-16-5-4-9(7-16)15-12(17)8-2-3-10(13)11(14)6-8/h2-3,6,9H,4-5,7,14H2,1H3,(H,15,17). The van der Waals surface area contributed by atoms with E-state index in [0.717, 1.165) is 24.0 Å². The zero-order valence-corrected chi connectivity index (χ0v) is 11.3. The van der Waals surface area contributed by atoms with E-state index < -0.39 is 0 Å². The first-order valence-electron chi connectivity index (χ1n) is 5.60. The molecule has 1 aliphatic rings. The Morgan fingerprint density at radius 2 is 2.35 bits per heavy atom. The minimum Gasteiger partial charge on any atom is -0.398 e. The van der Waals surface area contributed by atoms with E-state index in [1.165, 1.54) is 0 Å². The van der Waals surface area contributed by atoms with Crippen LogP contribution in [0.3, 0.4) is 0 Å². The van der Waals surface area contributed by atoms with Gasteiger partial charge in [-0.2, -0.15) is 0 Å². The molecule has 1 aromatic rings. The van der Waals surface area contributed by atoms with Crippen LogP contribution in [0, 0.1) is 0 Å². The van der Waals surface area contributed by atoms with Crippen molar-refractivity contribution in [2.24, 2.45) is 0 Å². The van der Waals surface area contributed by atoms with Crippen molar-refractivity contribution in [3.8, 4) is 0 Å². The molecule has 0 saturated carbocycles. The van der Waals surface area contributed by atoms with Gasteiger partial charge in [0.2, 0.25) is 0 Å². The Labute approximate surface area is 109 Å². The second kappa shape index (κ2) is 5.06. The average Bonchev–Trinajstić information content (AvgIpc) is 2.68. The van der Waals surface area contributed by atoms with Crippen molar-refractivity contribution < 1.29 is 4.79 Å². The zero-order chi connectivity index (χ0) is 12.4. The molecule has 0 bridgehead atoms. The predicted octanol–water partition coefficient (Wildman–Crippen LogP) is 1.47. The summed E-state index contributed by atoms with van der Waals surface area (Å²) >= 11 is 3.31. The topological polar surface area (TPSA) is 58.4 Å². The van der Waals surface area contributed by atoms with Crippen molar-refractivity contribution >= 4 is 27.5 Å². The number of amides is 1. The second-order valence-electron chi connectivity index (χ2n) is 4.46. The summed E-state index contributed by atoms with van der Waals surface area (Å²) in [5, 5.41) is 3.02. The Morgan fingerprint density at radius 3 is 2.94 bits per heavy atom. The number of rotatable bonds is 2. The van der Waals surface area contributed by atoms with Gasteiger partial charge in [-0.05, 0) is 54.1 Å². The van der Waals surface area contributed by atoms with Crippen molar-refractivity contribution in [3.05, 3.63) is 28.2 Å². The van der Waals surface area contributed by atoms with Crippen LogP contribution in [0.5, 0.6) is 0 Å². The quantitative estimate of drug-likeness (QED) is 0.813. The molecule has 17 heavy (non-hydrogen) atoms. The van der Waals surface area contributed by atoms with Crippen LogP contribution in [-0.2, 0) is 0 Å². The maximum Gasteiger partial charge on any atom is 0.251 e. The van der Waals surface area contributed by atoms with Crippen molar-refractivity contribution in [2.45, 2.75) is 12.5 Å². The Balaban J connectivity index is 2.02. The smallest absolute Gasteiger partial charge is 0.251 e. The number of carbonyl (C=O) groups excluding carboxylic acids is 1. The molecule has 0 spiro atoms. The predicted molar refractivity (Wildman–Crippen MR) is 71.9 cm³/mol. The fourth-order valence-corrected chi connectivity index (χ4v) is 2.25. The molecule has 3 N–H and O–H groups in total. The monoisotopic (exact) mass is 297 g/mol. The minimum absolute atomic E-state index is 0.0514. The summed E-state index contributed by atoms with van der Waals surface area (Å²) in [5.74, 6) is -0.0514. The molecular formula is C12H16BrN3O. The van der Waals surface area contributed by atoms with Gasteiger partial charge < -0.3 is 16.0 Å². The molecule has 2 rings (SSSR count). The lowest BCUT2D eigenvalue weighted by atomic mass is 10.1. The summed E-state index contributed by atoms with van der Waals surface area (Å²) in [7, 11) is 2.06. The molecule has 1 fully saturated rings. The van der Waals surface area contributed by atoms with Crippen LogP contribution in [0.4, 0.5) is 5.69 Å². The summed E-state index contributed by atoms with van der Waals surface area (Å²) in [6, 6.07) is 5.51. The molecule has 5 heteroatoms. The molecule has 92 valence electrons. The highest BCUT2D eigenvalue weighted by molar-refractivity contribution is 9.10. The summed E-state index contributed by atoms with van der Waals surface area (Å²) in [6.07, 6.45) is 1.01. The van der Waals surface area contributed by atoms with Gasteiger partial charge in [0.05, 0.1) is 0 Å². The molecule has 0 aromatic heterocycles. The molecule has 1 unspecified atom stereocenters. The highest BCUT2D eigenvalue weighted by Gasteiger charge is 2.21. The Hall–Kier alpha value is -1.07. The maximum atomic E-state index is 12.0. The molecule has 1 heterocycles. The van der Waals surface area contributed by atoms with E-state index in [2.05, 4.69) is 33.2 Å². The highest BCUT2D eigenvalue weighted by atomic mass is 79.9. The fourth-order valence-electron chi connectivity index (χ4n) is 2.01. The number of likely N-dealkylation sites (tertiary alicyclic amines) is 1. The third kappa shape index (κ3) is 2.98. The largest absolute Gasteiger partial charge is 0.398 e. The summed E-state index contributed by atoms with van der Waals surface area (Å²) in [4.78, 5) is 14.2. The molecule has 1 aliphatic heterocycles. The van der Waals surface area contributed by atoms with Crippen molar-refractivity contribution in [1.29, 1.82) is 0 Å². The number of nitrogens with zero attached hydrogens (tertiary/aromatic N) is 1. The molecule has 1 aromatic carbocycles. The van der Waals surface area contributed by atoms with Gasteiger partial charge in [0, 0.05) is 28.3 Å². The Kier molecular flexibility index (Phi) is 3.69. The van der Waals surface area contributed by atoms with E-state index in [1.54, 1.807) is 18.2 Å². The maximum absolute atomic E-state index is 12.0. The van der Waals surface area contributed by atoms with E-state index in [0.29, 0.717) is 11.3 Å². The third-order valence-electron chi connectivity index (χ3n) is 2.98. The van der Waals surface area contributed by atoms with Crippen LogP contribution >= 0.6 is 15.9 Å². The lowest BCUT2D eigenvalue weighted by molar-refractivity contribution is 0.0938. The minimum atomic E-state index is -0.0514. The van der Waals surface area contributed by atoms with Crippen LogP contribution in [0.15, 0.2) is 22.7 Å². The second-order valence-corrected chi connectivity index (χ2v) is 5.31. The van der Waals surface area contributed by atoms with Crippen molar-refractivity contribution in [1.82, 2.24) is 10.2 Å². The van der Waals surface area contributed by atoms with E-state index >= 15 is 0 Å². The van der Waals surface area contributed by atoms with E-state index in [9.17, 15) is 4.79 Å². The van der Waals surface area contributed by atoms with Gasteiger partial charge in [0.25, 0.3) is 5.91 Å². The van der Waals surface area contributed by atoms with Gasteiger partial charge in [-0.3, -0.25) is 4.79 Å². The molecular weight excluding hydrogens is 282 g/mol. The fraction of sp³-hybridized carbons (Fsp3) is 0.417. The van der Waals surface area contributed by atoms with Crippen LogP contribution in [0.2, 0.25) is 0 Å². The lowest BCUT2D eigenvalue weighted by Crippen LogP contribution is -2.36. The number of hydrogen-bond acceptors (Lipinski definition) is 3. The number of likely N-dealkylation sites (N-methyl/N-ethyl adjacent to an activating group) is 1. The highest BCUT2D eigenvalue weighted by Crippen LogP contribution is 2.20. The van der Waals surface area contributed by atoms with Crippen molar-refractivity contribution in [2.75, 3.05) is 25.9 Å². The van der Waals surface area contributed by atoms with Crippen LogP contribution in [-0.4, -0.2) is 37.0 Å². The number of nitrogen functional groups attached to an aromatic ring is 1. The Bertz CT molecular complexity index is 436. The number of carbonyl (C=O) groups is 1. The number of anilines is 1. The number of nitrogens with one attached hydrogen (secondary N) is 1. The van der Waals surface area contributed by atoms with Gasteiger partial charge in [-0.25, -0.2) is 0 Å². The summed E-state index contributed by atoms with van der Waals surface area (Å²) < 4.78 is 0.814. The Morgan fingerprint density at radius 1 is 1.59 bits per heavy atom. The zero-order valence-electron chi connectivity index (χ0n) is 9.74. The first kappa shape index (κ1) is 12.4. The third-order valence-corrected chi connectivity index (χ3v) is 3.71. The van der Waals surface area contributed by atoms with Gasteiger partial charge in [0.1, 0.15) is 0 Å². The van der Waals surface area contributed by atoms with Gasteiger partial charge in [-0.1, -0.05) is 0 Å². The first-order chi connectivity index (χ1) is 8.06. The molecule has 1 amide bonds. The van der Waals surface area contributed by atoms with E-state index in [1.807, 2.05) is 0 Å². The number of hydrogen-bond donors (Lipinski definition) is 2. The van der Waals surface area contributed by atoms with Crippen LogP contribution in [0.1, 0.15) is 16.8 Å². The van der Waals surface area contributed by atoms with Crippen molar-refractivity contribution in [3.63, 3.8) is 0 Å². The van der Waals surface area contributed by atoms with E-state index in [-0.39, 0.29) is 11.9 Å². The summed E-state index contributed by atoms with van der Waals surface area (Å²) in [5.41, 5.74) is 6.95. The van der Waals surface area contributed by atoms with Gasteiger partial charge in [-0.15, -0.1) is 0 Å². The molecule has 0 radical (unpaired) electrons. The summed E-state index contributed by atoms with van der Waals surface area (Å²) in [6.45, 7) is 1.95. The number of nitrogens with two attached hydrogens (primary N) is 1. The van der Waals surface area contributed by atoms with Crippen LogP contribution < -0.4 is 11.1 Å². The first-order valence-corrected chi connectivity index (χ1v) is 6.40. The SMILES string of the molecule is CN1CCC(NC(=O)c2ccc(Br)c(N)c2)C1. The van der Waals surface area contributed by atoms with Gasteiger partial charge >= 0.3 is 0 Å². The normalized spacial score (nSPS) is 20.5. The molecule has 1 saturated heterocycles. The number of halogens is 1. The average molecular weight is 298 g/mol. The van der Waals surface area contributed by atoms with E-state index in [4.69, 9.17) is 5.73 Å².